The second-order valence-corrected chi connectivity index (χ2v) is 1.62. The second kappa shape index (κ2) is 3.27. The van der Waals surface area contributed by atoms with Gasteiger partial charge in [-0.05, 0) is 0 Å². The number of nitriles is 1. The molecule has 1 N–H and O–H groups in total. The molecule has 0 bridgehead atoms. The summed E-state index contributed by atoms with van der Waals surface area (Å²) in [5, 5.41) is 15.0. The first-order valence-electron chi connectivity index (χ1n) is 2.75. The van der Waals surface area contributed by atoms with Crippen LogP contribution in [-0.2, 0) is 0 Å². The quantitative estimate of drug-likeness (QED) is 0.484. The fourth-order valence-electron chi connectivity index (χ4n) is 0.557. The number of nitrogens with one attached hydrogen (secondary N) is 1. The summed E-state index contributed by atoms with van der Waals surface area (Å²) in [6, 6.07) is 0. The molecule has 0 fully saturated rings. The van der Waals surface area contributed by atoms with E-state index < -0.39 is 0 Å². The Kier molecular flexibility index (Phi) is 2.13. The van der Waals surface area contributed by atoms with E-state index in [1.54, 1.807) is 0 Å². The summed E-state index contributed by atoms with van der Waals surface area (Å²) in [5.74, 6) is 0.109. The van der Waals surface area contributed by atoms with E-state index in [1.165, 1.54) is 18.8 Å². The van der Waals surface area contributed by atoms with Crippen LogP contribution in [0.2, 0.25) is 0 Å². The van der Waals surface area contributed by atoms with Gasteiger partial charge in [0, 0.05) is 12.4 Å². The largest absolute Gasteiger partial charge is 0.366 e. The predicted octanol–water partition coefficient (Wildman–Crippen LogP) is 0.334. The van der Waals surface area contributed by atoms with Crippen molar-refractivity contribution in [3.63, 3.8) is 0 Å². The van der Waals surface area contributed by atoms with Gasteiger partial charge in [-0.1, -0.05) is 0 Å². The Morgan fingerprint density at radius 2 is 2.55 bits per heavy atom. The topological polar surface area (TPSA) is 82.7 Å². The molecule has 0 aromatic carbocycles. The summed E-state index contributed by atoms with van der Waals surface area (Å²) >= 11 is 0. The monoisotopic (exact) mass is 148 g/mol. The maximum Gasteiger partial charge on any atom is 0.293 e. The maximum atomic E-state index is 8.13. The molecule has 1 heterocycles. The molecule has 1 aromatic heterocycles. The number of nitrogens with zero attached hydrogens (tertiary/aromatic N) is 3. The van der Waals surface area contributed by atoms with Crippen LogP contribution in [0.25, 0.3) is 0 Å². The SMILES string of the molecule is N#COc1ncncc1C=N. The fraction of sp³-hybridized carbons (Fsp3) is 0. The van der Waals surface area contributed by atoms with E-state index in [1.807, 2.05) is 0 Å². The third kappa shape index (κ3) is 1.49. The number of hydrogen-bond acceptors (Lipinski definition) is 5. The van der Waals surface area contributed by atoms with Crippen LogP contribution in [0.15, 0.2) is 12.5 Å². The molecule has 0 radical (unpaired) electrons. The van der Waals surface area contributed by atoms with Crippen molar-refractivity contribution in [1.29, 1.82) is 10.7 Å². The van der Waals surface area contributed by atoms with Crippen molar-refractivity contribution >= 4 is 6.21 Å². The molecule has 1 aromatic rings. The molecule has 1 rings (SSSR count). The molecule has 5 nitrogen and oxygen atoms in total. The molecule has 0 amide bonds. The lowest BCUT2D eigenvalue weighted by Gasteiger charge is -1.95. The third-order valence-electron chi connectivity index (χ3n) is 1.00. The van der Waals surface area contributed by atoms with Crippen molar-refractivity contribution in [1.82, 2.24) is 9.97 Å². The summed E-state index contributed by atoms with van der Waals surface area (Å²) in [4.78, 5) is 7.28. The van der Waals surface area contributed by atoms with Crippen molar-refractivity contribution < 1.29 is 4.74 Å². The minimum Gasteiger partial charge on any atom is -0.366 e. The highest BCUT2D eigenvalue weighted by Crippen LogP contribution is 2.08. The first kappa shape index (κ1) is 7.15. The van der Waals surface area contributed by atoms with Crippen molar-refractivity contribution in [3.05, 3.63) is 18.1 Å². The van der Waals surface area contributed by atoms with Crippen LogP contribution in [0.1, 0.15) is 5.56 Å². The predicted molar refractivity (Wildman–Crippen MR) is 36.2 cm³/mol. The Labute approximate surface area is 62.8 Å². The van der Waals surface area contributed by atoms with Crippen molar-refractivity contribution in [2.45, 2.75) is 0 Å². The van der Waals surface area contributed by atoms with Crippen molar-refractivity contribution in [2.75, 3.05) is 0 Å². The van der Waals surface area contributed by atoms with Gasteiger partial charge < -0.3 is 10.1 Å². The zero-order chi connectivity index (χ0) is 8.10. The summed E-state index contributed by atoms with van der Waals surface area (Å²) in [7, 11) is 0. The van der Waals surface area contributed by atoms with Gasteiger partial charge >= 0.3 is 0 Å². The highest BCUT2D eigenvalue weighted by Gasteiger charge is 2.00. The average Bonchev–Trinajstić information content (AvgIpc) is 2.06. The fourth-order valence-corrected chi connectivity index (χ4v) is 0.557. The Balaban J connectivity index is 3.04. The van der Waals surface area contributed by atoms with Crippen molar-refractivity contribution in [3.8, 4) is 12.1 Å². The van der Waals surface area contributed by atoms with Crippen LogP contribution in [0.3, 0.4) is 0 Å². The molecule has 0 aliphatic rings. The molecular weight excluding hydrogens is 144 g/mol. The molecule has 5 heteroatoms. The van der Waals surface area contributed by atoms with E-state index in [9.17, 15) is 0 Å². The number of hydrogen-bond donors (Lipinski definition) is 1. The van der Waals surface area contributed by atoms with E-state index in [2.05, 4.69) is 14.7 Å². The lowest BCUT2D eigenvalue weighted by molar-refractivity contribution is 0.483. The second-order valence-electron chi connectivity index (χ2n) is 1.62. The van der Waals surface area contributed by atoms with Gasteiger partial charge in [0.1, 0.15) is 6.33 Å². The van der Waals surface area contributed by atoms with Gasteiger partial charge in [-0.25, -0.2) is 9.97 Å². The zero-order valence-corrected chi connectivity index (χ0v) is 5.48. The molecule has 0 unspecified atom stereocenters. The van der Waals surface area contributed by atoms with Gasteiger partial charge in [0.25, 0.3) is 6.26 Å². The molecule has 0 aliphatic carbocycles. The normalized spacial score (nSPS) is 8.27. The molecule has 0 spiro atoms. The minimum absolute atomic E-state index is 0.109. The molecule has 54 valence electrons. The molecular formula is C6H4N4O. The van der Waals surface area contributed by atoms with E-state index in [0.717, 1.165) is 6.21 Å². The van der Waals surface area contributed by atoms with Gasteiger partial charge in [-0.15, -0.1) is 5.26 Å². The van der Waals surface area contributed by atoms with Gasteiger partial charge in [-0.2, -0.15) is 0 Å². The van der Waals surface area contributed by atoms with Gasteiger partial charge in [-0.3, -0.25) is 0 Å². The van der Waals surface area contributed by atoms with Gasteiger partial charge in [0.05, 0.1) is 5.56 Å². The summed E-state index contributed by atoms with van der Waals surface area (Å²) in [6.45, 7) is 0. The zero-order valence-electron chi connectivity index (χ0n) is 5.48. The van der Waals surface area contributed by atoms with E-state index in [0.29, 0.717) is 5.56 Å². The number of ether oxygens (including phenoxy) is 1. The molecule has 0 saturated heterocycles. The molecule has 11 heavy (non-hydrogen) atoms. The van der Waals surface area contributed by atoms with Crippen molar-refractivity contribution in [2.24, 2.45) is 0 Å². The molecule has 0 aliphatic heterocycles. The van der Waals surface area contributed by atoms with E-state index in [-0.39, 0.29) is 5.88 Å². The minimum atomic E-state index is 0.109. The third-order valence-corrected chi connectivity index (χ3v) is 1.00. The van der Waals surface area contributed by atoms with Crippen LogP contribution in [-0.4, -0.2) is 16.2 Å². The smallest absolute Gasteiger partial charge is 0.293 e. The maximum absolute atomic E-state index is 8.13. The highest BCUT2D eigenvalue weighted by atomic mass is 16.5. The molecule has 0 atom stereocenters. The lowest BCUT2D eigenvalue weighted by Crippen LogP contribution is -1.93. The van der Waals surface area contributed by atoms with Crippen LogP contribution < -0.4 is 4.74 Å². The molecule has 0 saturated carbocycles. The first-order chi connectivity index (χ1) is 5.38. The van der Waals surface area contributed by atoms with Crippen LogP contribution in [0, 0.1) is 16.9 Å². The van der Waals surface area contributed by atoms with E-state index in [4.69, 9.17) is 10.7 Å². The Morgan fingerprint density at radius 3 is 3.18 bits per heavy atom. The van der Waals surface area contributed by atoms with Crippen LogP contribution >= 0.6 is 0 Å². The Morgan fingerprint density at radius 1 is 1.73 bits per heavy atom. The number of aromatic nitrogens is 2. The van der Waals surface area contributed by atoms with Crippen LogP contribution in [0.5, 0.6) is 5.88 Å². The lowest BCUT2D eigenvalue weighted by atomic mass is 10.3. The van der Waals surface area contributed by atoms with Crippen LogP contribution in [0.4, 0.5) is 0 Å². The summed E-state index contributed by atoms with van der Waals surface area (Å²) in [6.07, 6.45) is 5.13. The van der Waals surface area contributed by atoms with Gasteiger partial charge in [0.2, 0.25) is 5.88 Å². The summed E-state index contributed by atoms with van der Waals surface area (Å²) < 4.78 is 4.43. The van der Waals surface area contributed by atoms with Gasteiger partial charge in [0.15, 0.2) is 0 Å². The Bertz CT molecular complexity index is 304. The standard InChI is InChI=1S/C6H4N4O/c7-1-5-2-9-4-10-6(5)11-3-8/h1-2,4,7H. The summed E-state index contributed by atoms with van der Waals surface area (Å²) in [5.41, 5.74) is 0.383. The average molecular weight is 148 g/mol. The Hall–Kier alpha value is -1.96. The first-order valence-corrected chi connectivity index (χ1v) is 2.75. The highest BCUT2D eigenvalue weighted by molar-refractivity contribution is 5.79. The van der Waals surface area contributed by atoms with E-state index >= 15 is 0 Å². The number of rotatable bonds is 2.